The maximum atomic E-state index is 9.24. The van der Waals surface area contributed by atoms with Gasteiger partial charge in [0, 0.05) is 0 Å². The van der Waals surface area contributed by atoms with Crippen LogP contribution in [0.3, 0.4) is 0 Å². The predicted octanol–water partition coefficient (Wildman–Crippen LogP) is 2.48. The monoisotopic (exact) mass is 283 g/mol. The molecule has 2 fully saturated rings. The molecule has 0 bridgehead atoms. The molecule has 0 aromatic heterocycles. The SMILES string of the molecule is N#CC1=C(C#N)NC2(CCCC2)C(=NC2CCCCC2)N1. The Labute approximate surface area is 125 Å². The first-order chi connectivity index (χ1) is 10.3. The Kier molecular flexibility index (Phi) is 3.84. The zero-order valence-corrected chi connectivity index (χ0v) is 12.3. The second-order valence-electron chi connectivity index (χ2n) is 6.28. The van der Waals surface area contributed by atoms with Gasteiger partial charge in [-0.15, -0.1) is 0 Å². The van der Waals surface area contributed by atoms with Crippen LogP contribution in [0.1, 0.15) is 57.8 Å². The largest absolute Gasteiger partial charge is 0.362 e. The summed E-state index contributed by atoms with van der Waals surface area (Å²) in [5.74, 6) is 0.891. The number of rotatable bonds is 1. The van der Waals surface area contributed by atoms with E-state index in [1.165, 1.54) is 19.3 Å². The molecule has 2 aliphatic carbocycles. The van der Waals surface area contributed by atoms with E-state index in [9.17, 15) is 10.5 Å². The van der Waals surface area contributed by atoms with E-state index in [1.54, 1.807) is 0 Å². The van der Waals surface area contributed by atoms with E-state index < -0.39 is 0 Å². The van der Waals surface area contributed by atoms with Gasteiger partial charge in [-0.1, -0.05) is 32.1 Å². The minimum absolute atomic E-state index is 0.247. The maximum absolute atomic E-state index is 9.24. The molecule has 1 heterocycles. The third-order valence-corrected chi connectivity index (χ3v) is 4.88. The summed E-state index contributed by atoms with van der Waals surface area (Å²) < 4.78 is 0. The van der Waals surface area contributed by atoms with Crippen molar-refractivity contribution >= 4 is 5.84 Å². The lowest BCUT2D eigenvalue weighted by Crippen LogP contribution is -2.59. The molecular formula is C16H21N5. The molecule has 2 saturated carbocycles. The molecule has 3 rings (SSSR count). The average molecular weight is 283 g/mol. The minimum Gasteiger partial charge on any atom is -0.362 e. The highest BCUT2D eigenvalue weighted by Crippen LogP contribution is 2.34. The summed E-state index contributed by atoms with van der Waals surface area (Å²) in [6.45, 7) is 0. The Morgan fingerprint density at radius 3 is 2.24 bits per heavy atom. The summed E-state index contributed by atoms with van der Waals surface area (Å²) in [5, 5.41) is 25.0. The summed E-state index contributed by atoms with van der Waals surface area (Å²) in [5.41, 5.74) is 0.426. The van der Waals surface area contributed by atoms with Gasteiger partial charge >= 0.3 is 0 Å². The van der Waals surface area contributed by atoms with Gasteiger partial charge in [-0.25, -0.2) is 0 Å². The third kappa shape index (κ3) is 2.61. The molecule has 3 aliphatic rings. The van der Waals surface area contributed by atoms with Crippen LogP contribution in [0.5, 0.6) is 0 Å². The van der Waals surface area contributed by atoms with E-state index in [0.717, 1.165) is 44.4 Å². The Morgan fingerprint density at radius 1 is 0.952 bits per heavy atom. The first-order valence-electron chi connectivity index (χ1n) is 7.95. The lowest BCUT2D eigenvalue weighted by Gasteiger charge is -2.37. The summed E-state index contributed by atoms with van der Waals surface area (Å²) in [6.07, 6.45) is 10.3. The van der Waals surface area contributed by atoms with Crippen LogP contribution in [0.25, 0.3) is 0 Å². The zero-order chi connectivity index (χ0) is 14.7. The normalized spacial score (nSPS) is 27.0. The van der Waals surface area contributed by atoms with Crippen molar-refractivity contribution in [1.29, 1.82) is 10.5 Å². The lowest BCUT2D eigenvalue weighted by atomic mass is 9.91. The van der Waals surface area contributed by atoms with Crippen LogP contribution in [0.15, 0.2) is 16.4 Å². The molecule has 110 valence electrons. The number of hydrogen-bond donors (Lipinski definition) is 2. The molecule has 0 saturated heterocycles. The highest BCUT2D eigenvalue weighted by atomic mass is 15.2. The summed E-state index contributed by atoms with van der Waals surface area (Å²) >= 11 is 0. The quantitative estimate of drug-likeness (QED) is 0.774. The van der Waals surface area contributed by atoms with Gasteiger partial charge in [-0.05, 0) is 25.7 Å². The van der Waals surface area contributed by atoms with Gasteiger partial charge in [-0.3, -0.25) is 4.99 Å². The summed E-state index contributed by atoms with van der Waals surface area (Å²) in [6, 6.07) is 4.55. The lowest BCUT2D eigenvalue weighted by molar-refractivity contribution is 0.425. The Balaban J connectivity index is 1.93. The third-order valence-electron chi connectivity index (χ3n) is 4.88. The Bertz CT molecular complexity index is 548. The van der Waals surface area contributed by atoms with Crippen LogP contribution in [0.2, 0.25) is 0 Å². The molecule has 2 N–H and O–H groups in total. The van der Waals surface area contributed by atoms with Crippen LogP contribution >= 0.6 is 0 Å². The van der Waals surface area contributed by atoms with Crippen LogP contribution in [-0.4, -0.2) is 17.4 Å². The van der Waals surface area contributed by atoms with Crippen molar-refractivity contribution in [2.45, 2.75) is 69.4 Å². The standard InChI is InChI=1S/C16H21N5/c17-10-13-14(11-18)21-16(8-4-5-9-16)15(20-13)19-12-6-2-1-3-7-12/h12,21H,1-9H2,(H,19,20). The van der Waals surface area contributed by atoms with Gasteiger partial charge in [0.15, 0.2) is 5.70 Å². The fourth-order valence-corrected chi connectivity index (χ4v) is 3.72. The van der Waals surface area contributed by atoms with E-state index in [2.05, 4.69) is 22.8 Å². The predicted molar refractivity (Wildman–Crippen MR) is 80.0 cm³/mol. The average Bonchev–Trinajstić information content (AvgIpc) is 2.99. The van der Waals surface area contributed by atoms with E-state index in [0.29, 0.717) is 17.4 Å². The second-order valence-corrected chi connectivity index (χ2v) is 6.28. The molecule has 0 radical (unpaired) electrons. The number of nitrogens with zero attached hydrogens (tertiary/aromatic N) is 3. The van der Waals surface area contributed by atoms with Crippen molar-refractivity contribution in [3.8, 4) is 12.1 Å². The van der Waals surface area contributed by atoms with Crippen molar-refractivity contribution in [2.75, 3.05) is 0 Å². The molecule has 1 spiro atoms. The highest BCUT2D eigenvalue weighted by molar-refractivity contribution is 5.95. The fraction of sp³-hybridized carbons (Fsp3) is 0.688. The number of aliphatic imine (C=N–C) groups is 1. The zero-order valence-electron chi connectivity index (χ0n) is 12.3. The van der Waals surface area contributed by atoms with Crippen molar-refractivity contribution < 1.29 is 0 Å². The van der Waals surface area contributed by atoms with Crippen LogP contribution < -0.4 is 10.6 Å². The fourth-order valence-electron chi connectivity index (χ4n) is 3.72. The van der Waals surface area contributed by atoms with E-state index in [-0.39, 0.29) is 5.54 Å². The second kappa shape index (κ2) is 5.77. The van der Waals surface area contributed by atoms with E-state index in [4.69, 9.17) is 4.99 Å². The molecule has 0 aromatic carbocycles. The van der Waals surface area contributed by atoms with Gasteiger partial charge in [0.25, 0.3) is 0 Å². The molecular weight excluding hydrogens is 262 g/mol. The van der Waals surface area contributed by atoms with Crippen molar-refractivity contribution in [3.63, 3.8) is 0 Å². The van der Waals surface area contributed by atoms with Crippen LogP contribution in [0, 0.1) is 22.7 Å². The van der Waals surface area contributed by atoms with Gasteiger partial charge in [0.05, 0.1) is 11.6 Å². The highest BCUT2D eigenvalue weighted by Gasteiger charge is 2.43. The Morgan fingerprint density at radius 2 is 1.62 bits per heavy atom. The maximum Gasteiger partial charge on any atom is 0.153 e. The van der Waals surface area contributed by atoms with Crippen LogP contribution in [-0.2, 0) is 0 Å². The topological polar surface area (TPSA) is 84.0 Å². The van der Waals surface area contributed by atoms with Gasteiger partial charge in [0.2, 0.25) is 0 Å². The number of nitriles is 2. The number of hydrogen-bond acceptors (Lipinski definition) is 4. The van der Waals surface area contributed by atoms with Crippen molar-refractivity contribution in [2.24, 2.45) is 4.99 Å². The molecule has 0 atom stereocenters. The first-order valence-corrected chi connectivity index (χ1v) is 7.95. The molecule has 5 nitrogen and oxygen atoms in total. The molecule has 0 amide bonds. The molecule has 21 heavy (non-hydrogen) atoms. The first kappa shape index (κ1) is 13.9. The number of nitrogens with one attached hydrogen (secondary N) is 2. The van der Waals surface area contributed by atoms with E-state index in [1.807, 2.05) is 0 Å². The smallest absolute Gasteiger partial charge is 0.153 e. The van der Waals surface area contributed by atoms with Crippen LogP contribution in [0.4, 0.5) is 0 Å². The van der Waals surface area contributed by atoms with E-state index >= 15 is 0 Å². The molecule has 5 heteroatoms. The minimum atomic E-state index is -0.247. The van der Waals surface area contributed by atoms with Gasteiger partial charge in [0.1, 0.15) is 23.7 Å². The molecule has 1 aliphatic heterocycles. The number of amidine groups is 1. The number of allylic oxidation sites excluding steroid dienone is 2. The van der Waals surface area contributed by atoms with Gasteiger partial charge < -0.3 is 10.6 Å². The van der Waals surface area contributed by atoms with Crippen molar-refractivity contribution in [3.05, 3.63) is 11.4 Å². The Hall–Kier alpha value is -2.01. The van der Waals surface area contributed by atoms with Crippen molar-refractivity contribution in [1.82, 2.24) is 10.6 Å². The molecule has 0 unspecified atom stereocenters. The summed E-state index contributed by atoms with van der Waals surface area (Å²) in [4.78, 5) is 4.95. The molecule has 0 aromatic rings. The summed E-state index contributed by atoms with van der Waals surface area (Å²) in [7, 11) is 0. The van der Waals surface area contributed by atoms with Gasteiger partial charge in [-0.2, -0.15) is 10.5 Å².